The second-order valence-corrected chi connectivity index (χ2v) is 4.06. The zero-order valence-corrected chi connectivity index (χ0v) is 9.50. The van der Waals surface area contributed by atoms with Gasteiger partial charge in [0.05, 0.1) is 18.8 Å². The van der Waals surface area contributed by atoms with Crippen LogP contribution in [0.3, 0.4) is 0 Å². The van der Waals surface area contributed by atoms with Gasteiger partial charge in [0.25, 0.3) is 0 Å². The Balaban J connectivity index is 1.90. The first-order valence-corrected chi connectivity index (χ1v) is 5.39. The molecule has 2 aromatic heterocycles. The van der Waals surface area contributed by atoms with E-state index in [1.165, 1.54) is 6.20 Å². The molecule has 0 aromatic carbocycles. The zero-order valence-electron chi connectivity index (χ0n) is 9.50. The van der Waals surface area contributed by atoms with E-state index in [1.807, 2.05) is 6.92 Å². The van der Waals surface area contributed by atoms with Crippen molar-refractivity contribution in [2.45, 2.75) is 25.6 Å². The Kier molecular flexibility index (Phi) is 2.25. The van der Waals surface area contributed by atoms with Crippen molar-refractivity contribution in [2.75, 3.05) is 0 Å². The number of imidazole rings is 1. The Morgan fingerprint density at radius 1 is 1.61 bits per heavy atom. The summed E-state index contributed by atoms with van der Waals surface area (Å²) in [5.74, 6) is -0.208. The molecular weight excluding hydrogens is 240 g/mol. The van der Waals surface area contributed by atoms with E-state index >= 15 is 0 Å². The molecule has 2 aromatic rings. The SMILES string of the molecule is CC1Oc2nc([N+](=O)[O-])cn2C1Cn1ccnn1. The molecule has 94 valence electrons. The fourth-order valence-corrected chi connectivity index (χ4v) is 2.01. The van der Waals surface area contributed by atoms with E-state index < -0.39 is 4.92 Å². The molecule has 1 aliphatic rings. The molecule has 18 heavy (non-hydrogen) atoms. The molecule has 3 rings (SSSR count). The molecule has 2 unspecified atom stereocenters. The van der Waals surface area contributed by atoms with Crippen LogP contribution >= 0.6 is 0 Å². The fourth-order valence-electron chi connectivity index (χ4n) is 2.01. The minimum Gasteiger partial charge on any atom is -0.441 e. The lowest BCUT2D eigenvalue weighted by Crippen LogP contribution is -2.23. The van der Waals surface area contributed by atoms with Crippen molar-refractivity contribution < 1.29 is 9.66 Å². The molecule has 0 saturated carbocycles. The highest BCUT2D eigenvalue weighted by Crippen LogP contribution is 2.33. The molecule has 2 atom stereocenters. The molecular formula is C9H10N6O3. The topological polar surface area (TPSA) is 101 Å². The van der Waals surface area contributed by atoms with Gasteiger partial charge >= 0.3 is 11.8 Å². The number of aromatic nitrogens is 5. The first-order valence-electron chi connectivity index (χ1n) is 5.39. The van der Waals surface area contributed by atoms with Crippen LogP contribution in [0, 0.1) is 10.1 Å². The van der Waals surface area contributed by atoms with Crippen LogP contribution in [0.1, 0.15) is 13.0 Å². The maximum absolute atomic E-state index is 10.7. The molecule has 0 fully saturated rings. The van der Waals surface area contributed by atoms with Gasteiger partial charge in [-0.2, -0.15) is 0 Å². The summed E-state index contributed by atoms with van der Waals surface area (Å²) in [6.07, 6.45) is 4.59. The fraction of sp³-hybridized carbons (Fsp3) is 0.444. The minimum absolute atomic E-state index is 0.0806. The average molecular weight is 250 g/mol. The van der Waals surface area contributed by atoms with Crippen LogP contribution in [-0.4, -0.2) is 35.6 Å². The highest BCUT2D eigenvalue weighted by atomic mass is 16.6. The van der Waals surface area contributed by atoms with Crippen molar-refractivity contribution in [3.05, 3.63) is 28.7 Å². The van der Waals surface area contributed by atoms with Gasteiger partial charge in [0.15, 0.2) is 0 Å². The quantitative estimate of drug-likeness (QED) is 0.577. The second kappa shape index (κ2) is 3.79. The number of hydrogen-bond donors (Lipinski definition) is 0. The van der Waals surface area contributed by atoms with E-state index in [2.05, 4.69) is 15.3 Å². The summed E-state index contributed by atoms with van der Waals surface area (Å²) in [6.45, 7) is 2.42. The molecule has 3 heterocycles. The van der Waals surface area contributed by atoms with Gasteiger partial charge in [-0.25, -0.2) is 0 Å². The standard InChI is InChI=1S/C9H10N6O3/c1-6-7(4-13-3-2-10-12-13)14-5-8(15(16)17)11-9(14)18-6/h2-3,5-7H,4H2,1H3. The van der Waals surface area contributed by atoms with Crippen molar-refractivity contribution in [1.29, 1.82) is 0 Å². The molecule has 0 N–H and O–H groups in total. The molecule has 0 saturated heterocycles. The summed E-state index contributed by atoms with van der Waals surface area (Å²) in [5.41, 5.74) is 0. The molecule has 0 amide bonds. The first kappa shape index (κ1) is 10.7. The Morgan fingerprint density at radius 3 is 3.11 bits per heavy atom. The van der Waals surface area contributed by atoms with Gasteiger partial charge in [-0.05, 0) is 11.8 Å². The second-order valence-electron chi connectivity index (χ2n) is 4.06. The maximum Gasteiger partial charge on any atom is 0.415 e. The summed E-state index contributed by atoms with van der Waals surface area (Å²) in [5, 5.41) is 18.2. The molecule has 0 radical (unpaired) electrons. The van der Waals surface area contributed by atoms with Crippen molar-refractivity contribution >= 4 is 5.82 Å². The van der Waals surface area contributed by atoms with Crippen LogP contribution in [-0.2, 0) is 6.54 Å². The Morgan fingerprint density at radius 2 is 2.44 bits per heavy atom. The molecule has 0 spiro atoms. The van der Waals surface area contributed by atoms with Gasteiger partial charge in [-0.1, -0.05) is 5.21 Å². The largest absolute Gasteiger partial charge is 0.441 e. The summed E-state index contributed by atoms with van der Waals surface area (Å²) in [6, 6.07) is 0.196. The summed E-state index contributed by atoms with van der Waals surface area (Å²) < 4.78 is 8.81. The van der Waals surface area contributed by atoms with Crippen molar-refractivity contribution in [3.8, 4) is 6.01 Å². The smallest absolute Gasteiger partial charge is 0.415 e. The van der Waals surface area contributed by atoms with Gasteiger partial charge in [0.1, 0.15) is 12.3 Å². The van der Waals surface area contributed by atoms with Gasteiger partial charge < -0.3 is 14.9 Å². The number of nitro groups is 1. The van der Waals surface area contributed by atoms with E-state index in [0.29, 0.717) is 6.54 Å². The lowest BCUT2D eigenvalue weighted by Gasteiger charge is -2.14. The van der Waals surface area contributed by atoms with E-state index in [1.54, 1.807) is 21.6 Å². The average Bonchev–Trinajstić information content (AvgIpc) is 2.98. The van der Waals surface area contributed by atoms with Crippen LogP contribution in [0.15, 0.2) is 18.6 Å². The number of hydrogen-bond acceptors (Lipinski definition) is 6. The van der Waals surface area contributed by atoms with Crippen molar-refractivity contribution in [1.82, 2.24) is 24.5 Å². The van der Waals surface area contributed by atoms with E-state index in [0.717, 1.165) is 0 Å². The van der Waals surface area contributed by atoms with Crippen LogP contribution in [0.25, 0.3) is 0 Å². The highest BCUT2D eigenvalue weighted by Gasteiger charge is 2.37. The number of nitrogens with zero attached hydrogens (tertiary/aromatic N) is 6. The van der Waals surface area contributed by atoms with Crippen LogP contribution in [0.5, 0.6) is 6.01 Å². The third-order valence-electron chi connectivity index (χ3n) is 2.91. The predicted molar refractivity (Wildman–Crippen MR) is 58.0 cm³/mol. The summed E-state index contributed by atoms with van der Waals surface area (Å²) in [4.78, 5) is 13.9. The lowest BCUT2D eigenvalue weighted by atomic mass is 10.2. The van der Waals surface area contributed by atoms with E-state index in [4.69, 9.17) is 4.74 Å². The maximum atomic E-state index is 10.7. The summed E-state index contributed by atoms with van der Waals surface area (Å²) >= 11 is 0. The number of fused-ring (bicyclic) bond motifs is 1. The number of rotatable bonds is 3. The van der Waals surface area contributed by atoms with Crippen molar-refractivity contribution in [3.63, 3.8) is 0 Å². The third kappa shape index (κ3) is 1.60. The summed E-state index contributed by atoms with van der Waals surface area (Å²) in [7, 11) is 0. The predicted octanol–water partition coefficient (Wildman–Crippen LogP) is 0.405. The molecule has 9 heteroatoms. The van der Waals surface area contributed by atoms with Crippen LogP contribution < -0.4 is 4.74 Å². The zero-order chi connectivity index (χ0) is 12.7. The van der Waals surface area contributed by atoms with E-state index in [9.17, 15) is 10.1 Å². The highest BCUT2D eigenvalue weighted by molar-refractivity contribution is 5.24. The Hall–Kier alpha value is -2.45. The monoisotopic (exact) mass is 250 g/mol. The first-order chi connectivity index (χ1) is 8.65. The van der Waals surface area contributed by atoms with Crippen LogP contribution in [0.2, 0.25) is 0 Å². The van der Waals surface area contributed by atoms with Gasteiger partial charge in [0.2, 0.25) is 0 Å². The molecule has 0 aliphatic carbocycles. The normalized spacial score (nSPS) is 21.6. The molecule has 9 nitrogen and oxygen atoms in total. The van der Waals surface area contributed by atoms with Gasteiger partial charge in [-0.15, -0.1) is 5.10 Å². The van der Waals surface area contributed by atoms with Crippen LogP contribution in [0.4, 0.5) is 5.82 Å². The Labute approximate surface area is 101 Å². The van der Waals surface area contributed by atoms with Gasteiger partial charge in [-0.3, -0.25) is 9.25 Å². The van der Waals surface area contributed by atoms with E-state index in [-0.39, 0.29) is 24.0 Å². The minimum atomic E-state index is -0.536. The Bertz CT molecular complexity index is 577. The molecule has 0 bridgehead atoms. The lowest BCUT2D eigenvalue weighted by molar-refractivity contribution is -0.389. The number of ether oxygens (including phenoxy) is 1. The molecule has 1 aliphatic heterocycles. The van der Waals surface area contributed by atoms with Gasteiger partial charge in [0, 0.05) is 11.2 Å². The third-order valence-corrected chi connectivity index (χ3v) is 2.91. The van der Waals surface area contributed by atoms with Crippen molar-refractivity contribution in [2.24, 2.45) is 0 Å².